The van der Waals surface area contributed by atoms with E-state index >= 15 is 0 Å². The molecule has 18 heavy (non-hydrogen) atoms. The van der Waals surface area contributed by atoms with Gasteiger partial charge in [0.25, 0.3) is 0 Å². The lowest BCUT2D eigenvalue weighted by molar-refractivity contribution is 0.280. The maximum absolute atomic E-state index is 9.19. The number of likely N-dealkylation sites (N-methyl/N-ethyl adjacent to an activating group) is 1. The van der Waals surface area contributed by atoms with E-state index < -0.39 is 0 Å². The Morgan fingerprint density at radius 2 is 2.17 bits per heavy atom. The maximum atomic E-state index is 9.19. The fraction of sp³-hybridized carbons (Fsp3) is 0.643. The Hall–Kier alpha value is -1.13. The molecule has 1 saturated heterocycles. The van der Waals surface area contributed by atoms with Gasteiger partial charge in [-0.1, -0.05) is 6.07 Å². The summed E-state index contributed by atoms with van der Waals surface area (Å²) in [6, 6.07) is 4.49. The van der Waals surface area contributed by atoms with Crippen molar-refractivity contribution in [3.63, 3.8) is 0 Å². The van der Waals surface area contributed by atoms with Crippen molar-refractivity contribution < 1.29 is 5.11 Å². The van der Waals surface area contributed by atoms with E-state index in [1.165, 1.54) is 6.42 Å². The molecule has 1 fully saturated rings. The predicted octanol–water partition coefficient (Wildman–Crippen LogP) is 1.41. The Bertz CT molecular complexity index is 408. The SMILES string of the molecule is Cc1nc(N2CCCN(C)CC2C)ccc1CO. The summed E-state index contributed by atoms with van der Waals surface area (Å²) >= 11 is 0. The smallest absolute Gasteiger partial charge is 0.129 e. The van der Waals surface area contributed by atoms with Crippen LogP contribution in [0.4, 0.5) is 5.82 Å². The molecule has 0 radical (unpaired) electrons. The molecule has 1 N–H and O–H groups in total. The Kier molecular flexibility index (Phi) is 4.19. The number of aromatic nitrogens is 1. The lowest BCUT2D eigenvalue weighted by Gasteiger charge is -2.29. The molecule has 2 rings (SSSR count). The zero-order valence-corrected chi connectivity index (χ0v) is 11.6. The van der Waals surface area contributed by atoms with Gasteiger partial charge in [0.15, 0.2) is 0 Å². The molecular weight excluding hydrogens is 226 g/mol. The van der Waals surface area contributed by atoms with Gasteiger partial charge in [0.2, 0.25) is 0 Å². The first-order valence-corrected chi connectivity index (χ1v) is 6.64. The number of aliphatic hydroxyl groups excluding tert-OH is 1. The fourth-order valence-corrected chi connectivity index (χ4v) is 2.62. The first kappa shape index (κ1) is 13.3. The lowest BCUT2D eigenvalue weighted by Crippen LogP contribution is -2.38. The highest BCUT2D eigenvalue weighted by atomic mass is 16.3. The quantitative estimate of drug-likeness (QED) is 0.860. The summed E-state index contributed by atoms with van der Waals surface area (Å²) < 4.78 is 0. The van der Waals surface area contributed by atoms with Crippen LogP contribution in [-0.4, -0.2) is 47.7 Å². The molecule has 1 aliphatic rings. The van der Waals surface area contributed by atoms with Gasteiger partial charge in [0.05, 0.1) is 6.61 Å². The average molecular weight is 249 g/mol. The maximum Gasteiger partial charge on any atom is 0.129 e. The highest BCUT2D eigenvalue weighted by Gasteiger charge is 2.20. The zero-order chi connectivity index (χ0) is 13.1. The average Bonchev–Trinajstić information content (AvgIpc) is 2.50. The van der Waals surface area contributed by atoms with Crippen LogP contribution in [0.3, 0.4) is 0 Å². The van der Waals surface area contributed by atoms with Crippen molar-refractivity contribution in [3.05, 3.63) is 23.4 Å². The van der Waals surface area contributed by atoms with E-state index in [1.54, 1.807) is 0 Å². The van der Waals surface area contributed by atoms with E-state index in [2.05, 4.69) is 28.8 Å². The van der Waals surface area contributed by atoms with Crippen molar-refractivity contribution in [2.24, 2.45) is 0 Å². The molecule has 0 aliphatic carbocycles. The molecule has 1 atom stereocenters. The molecule has 1 aromatic heterocycles. The van der Waals surface area contributed by atoms with E-state index in [9.17, 15) is 5.11 Å². The molecule has 0 aromatic carbocycles. The number of pyridine rings is 1. The number of aryl methyl sites for hydroxylation is 1. The minimum absolute atomic E-state index is 0.0669. The topological polar surface area (TPSA) is 39.6 Å². The second kappa shape index (κ2) is 5.67. The molecule has 2 heterocycles. The molecule has 1 aromatic rings. The normalized spacial score (nSPS) is 22.0. The van der Waals surface area contributed by atoms with Crippen molar-refractivity contribution in [1.29, 1.82) is 0 Å². The van der Waals surface area contributed by atoms with Gasteiger partial charge in [0.1, 0.15) is 5.82 Å². The van der Waals surface area contributed by atoms with Crippen LogP contribution in [0.1, 0.15) is 24.6 Å². The Morgan fingerprint density at radius 3 is 2.83 bits per heavy atom. The molecule has 1 aliphatic heterocycles. The molecule has 1 unspecified atom stereocenters. The van der Waals surface area contributed by atoms with Crippen LogP contribution in [0.2, 0.25) is 0 Å². The van der Waals surface area contributed by atoms with E-state index in [4.69, 9.17) is 0 Å². The number of aliphatic hydroxyl groups is 1. The summed E-state index contributed by atoms with van der Waals surface area (Å²) in [5.74, 6) is 1.03. The van der Waals surface area contributed by atoms with Gasteiger partial charge in [-0.2, -0.15) is 0 Å². The number of hydrogen-bond donors (Lipinski definition) is 1. The Morgan fingerprint density at radius 1 is 1.39 bits per heavy atom. The summed E-state index contributed by atoms with van der Waals surface area (Å²) in [7, 11) is 2.17. The largest absolute Gasteiger partial charge is 0.392 e. The van der Waals surface area contributed by atoms with Gasteiger partial charge in [-0.05, 0) is 45.5 Å². The Labute approximate surface area is 109 Å². The monoisotopic (exact) mass is 249 g/mol. The van der Waals surface area contributed by atoms with Gasteiger partial charge in [-0.25, -0.2) is 4.98 Å². The van der Waals surface area contributed by atoms with Gasteiger partial charge < -0.3 is 14.9 Å². The van der Waals surface area contributed by atoms with Crippen LogP contribution < -0.4 is 4.90 Å². The third-order valence-electron chi connectivity index (χ3n) is 3.69. The minimum atomic E-state index is 0.0669. The van der Waals surface area contributed by atoms with Crippen molar-refractivity contribution in [2.45, 2.75) is 32.9 Å². The number of nitrogens with zero attached hydrogens (tertiary/aromatic N) is 3. The summed E-state index contributed by atoms with van der Waals surface area (Å²) in [5, 5.41) is 9.19. The third-order valence-corrected chi connectivity index (χ3v) is 3.69. The van der Waals surface area contributed by atoms with Crippen LogP contribution in [0.25, 0.3) is 0 Å². The van der Waals surface area contributed by atoms with Gasteiger partial charge in [0, 0.05) is 24.8 Å². The number of anilines is 1. The van der Waals surface area contributed by atoms with Crippen LogP contribution in [0.15, 0.2) is 12.1 Å². The lowest BCUT2D eigenvalue weighted by atomic mass is 10.2. The van der Waals surface area contributed by atoms with Crippen LogP contribution in [0.5, 0.6) is 0 Å². The fourth-order valence-electron chi connectivity index (χ4n) is 2.62. The molecule has 4 heteroatoms. The summed E-state index contributed by atoms with van der Waals surface area (Å²) in [6.45, 7) is 7.55. The van der Waals surface area contributed by atoms with Gasteiger partial charge >= 0.3 is 0 Å². The van der Waals surface area contributed by atoms with E-state index in [1.807, 2.05) is 19.1 Å². The van der Waals surface area contributed by atoms with Crippen LogP contribution in [-0.2, 0) is 6.61 Å². The van der Waals surface area contributed by atoms with Gasteiger partial charge in [-0.3, -0.25) is 0 Å². The Balaban J connectivity index is 2.21. The molecule has 4 nitrogen and oxygen atoms in total. The first-order valence-electron chi connectivity index (χ1n) is 6.64. The second-order valence-corrected chi connectivity index (χ2v) is 5.23. The third kappa shape index (κ3) is 2.82. The van der Waals surface area contributed by atoms with E-state index in [0.29, 0.717) is 6.04 Å². The molecule has 0 saturated carbocycles. The van der Waals surface area contributed by atoms with E-state index in [0.717, 1.165) is 36.7 Å². The summed E-state index contributed by atoms with van der Waals surface area (Å²) in [4.78, 5) is 9.38. The standard InChI is InChI=1S/C14H23N3O/c1-11-9-16(3)7-4-8-17(11)14-6-5-13(10-18)12(2)15-14/h5-6,11,18H,4,7-10H2,1-3H3. The molecular formula is C14H23N3O. The number of hydrogen-bond acceptors (Lipinski definition) is 4. The summed E-state index contributed by atoms with van der Waals surface area (Å²) in [6.07, 6.45) is 1.17. The minimum Gasteiger partial charge on any atom is -0.392 e. The van der Waals surface area contributed by atoms with E-state index in [-0.39, 0.29) is 6.61 Å². The first-order chi connectivity index (χ1) is 8.61. The second-order valence-electron chi connectivity index (χ2n) is 5.23. The molecule has 0 spiro atoms. The van der Waals surface area contributed by atoms with Crippen molar-refractivity contribution in [2.75, 3.05) is 31.6 Å². The highest BCUT2D eigenvalue weighted by Crippen LogP contribution is 2.20. The zero-order valence-electron chi connectivity index (χ0n) is 11.6. The van der Waals surface area contributed by atoms with Crippen molar-refractivity contribution in [3.8, 4) is 0 Å². The predicted molar refractivity (Wildman–Crippen MR) is 73.8 cm³/mol. The van der Waals surface area contributed by atoms with Gasteiger partial charge in [-0.15, -0.1) is 0 Å². The van der Waals surface area contributed by atoms with Crippen LogP contribution >= 0.6 is 0 Å². The highest BCUT2D eigenvalue weighted by molar-refractivity contribution is 5.42. The van der Waals surface area contributed by atoms with Crippen molar-refractivity contribution >= 4 is 5.82 Å². The summed E-state index contributed by atoms with van der Waals surface area (Å²) in [5.41, 5.74) is 1.85. The molecule has 0 amide bonds. The molecule has 100 valence electrons. The number of rotatable bonds is 2. The van der Waals surface area contributed by atoms with Crippen LogP contribution in [0, 0.1) is 6.92 Å². The molecule has 0 bridgehead atoms. The van der Waals surface area contributed by atoms with Crippen molar-refractivity contribution in [1.82, 2.24) is 9.88 Å².